The van der Waals surface area contributed by atoms with E-state index in [1.54, 1.807) is 6.92 Å². The Morgan fingerprint density at radius 1 is 1.42 bits per heavy atom. The van der Waals surface area contributed by atoms with Crippen LogP contribution in [0.3, 0.4) is 0 Å². The molecule has 1 aliphatic rings. The average molecular weight is 165 g/mol. The SMILES string of the molecule is CC1(C)CCCC(=O)C1(C)C#N. The van der Waals surface area contributed by atoms with Gasteiger partial charge in [-0.15, -0.1) is 0 Å². The molecule has 2 nitrogen and oxygen atoms in total. The van der Waals surface area contributed by atoms with Crippen LogP contribution >= 0.6 is 0 Å². The molecule has 0 N–H and O–H groups in total. The van der Waals surface area contributed by atoms with E-state index >= 15 is 0 Å². The highest BCUT2D eigenvalue weighted by molar-refractivity contribution is 5.88. The van der Waals surface area contributed by atoms with Gasteiger partial charge in [-0.25, -0.2) is 0 Å². The van der Waals surface area contributed by atoms with Crippen molar-refractivity contribution in [3.05, 3.63) is 0 Å². The van der Waals surface area contributed by atoms with Crippen molar-refractivity contribution in [2.75, 3.05) is 0 Å². The van der Waals surface area contributed by atoms with E-state index in [-0.39, 0.29) is 11.2 Å². The first-order valence-electron chi connectivity index (χ1n) is 4.38. The molecule has 0 heterocycles. The molecule has 0 aliphatic heterocycles. The zero-order chi connectivity index (χ0) is 9.41. The van der Waals surface area contributed by atoms with Crippen LogP contribution in [0, 0.1) is 22.2 Å². The molecule has 1 fully saturated rings. The van der Waals surface area contributed by atoms with Crippen LogP contribution in [0.2, 0.25) is 0 Å². The van der Waals surface area contributed by atoms with Crippen molar-refractivity contribution in [1.29, 1.82) is 5.26 Å². The number of carbonyl (C=O) groups is 1. The van der Waals surface area contributed by atoms with Crippen molar-refractivity contribution in [2.24, 2.45) is 10.8 Å². The monoisotopic (exact) mass is 165 g/mol. The van der Waals surface area contributed by atoms with Crippen molar-refractivity contribution < 1.29 is 4.79 Å². The van der Waals surface area contributed by atoms with E-state index in [0.29, 0.717) is 6.42 Å². The summed E-state index contributed by atoms with van der Waals surface area (Å²) < 4.78 is 0. The summed E-state index contributed by atoms with van der Waals surface area (Å²) in [5, 5.41) is 8.99. The predicted molar refractivity (Wildman–Crippen MR) is 46.4 cm³/mol. The summed E-state index contributed by atoms with van der Waals surface area (Å²) in [5.74, 6) is 0.112. The van der Waals surface area contributed by atoms with Gasteiger partial charge in [-0.2, -0.15) is 5.26 Å². The first kappa shape index (κ1) is 9.25. The molecule has 0 bridgehead atoms. The topological polar surface area (TPSA) is 40.9 Å². The zero-order valence-electron chi connectivity index (χ0n) is 7.98. The van der Waals surface area contributed by atoms with Crippen LogP contribution in [0.25, 0.3) is 0 Å². The highest BCUT2D eigenvalue weighted by atomic mass is 16.1. The van der Waals surface area contributed by atoms with Gasteiger partial charge in [0.25, 0.3) is 0 Å². The van der Waals surface area contributed by atoms with Crippen LogP contribution in [0.1, 0.15) is 40.0 Å². The molecule has 0 radical (unpaired) electrons. The van der Waals surface area contributed by atoms with E-state index in [1.807, 2.05) is 13.8 Å². The summed E-state index contributed by atoms with van der Waals surface area (Å²) in [6.45, 7) is 5.79. The van der Waals surface area contributed by atoms with E-state index in [1.165, 1.54) is 0 Å². The lowest BCUT2D eigenvalue weighted by molar-refractivity contribution is -0.133. The van der Waals surface area contributed by atoms with Gasteiger partial charge in [-0.3, -0.25) is 4.79 Å². The maximum atomic E-state index is 11.5. The Balaban J connectivity index is 3.06. The lowest BCUT2D eigenvalue weighted by atomic mass is 9.59. The van der Waals surface area contributed by atoms with Gasteiger partial charge in [0.2, 0.25) is 0 Å². The molecule has 66 valence electrons. The lowest BCUT2D eigenvalue weighted by Crippen LogP contribution is -2.44. The minimum absolute atomic E-state index is 0.112. The molecule has 12 heavy (non-hydrogen) atoms. The summed E-state index contributed by atoms with van der Waals surface area (Å²) in [6, 6.07) is 2.17. The van der Waals surface area contributed by atoms with E-state index < -0.39 is 5.41 Å². The van der Waals surface area contributed by atoms with E-state index in [4.69, 9.17) is 5.26 Å². The Morgan fingerprint density at radius 2 is 2.00 bits per heavy atom. The highest BCUT2D eigenvalue weighted by Gasteiger charge is 2.49. The average Bonchev–Trinajstić information content (AvgIpc) is 2.00. The first-order valence-corrected chi connectivity index (χ1v) is 4.38. The Kier molecular flexibility index (Phi) is 1.99. The molecule has 1 unspecified atom stereocenters. The molecule has 0 saturated heterocycles. The van der Waals surface area contributed by atoms with Crippen molar-refractivity contribution in [2.45, 2.75) is 40.0 Å². The lowest BCUT2D eigenvalue weighted by Gasteiger charge is -2.41. The van der Waals surface area contributed by atoms with Crippen LogP contribution in [0.15, 0.2) is 0 Å². The molecule has 0 aromatic rings. The largest absolute Gasteiger partial charge is 0.298 e. The van der Waals surface area contributed by atoms with E-state index in [0.717, 1.165) is 12.8 Å². The number of hydrogen-bond acceptors (Lipinski definition) is 2. The van der Waals surface area contributed by atoms with Crippen molar-refractivity contribution in [3.63, 3.8) is 0 Å². The molecule has 0 aromatic heterocycles. The fourth-order valence-electron chi connectivity index (χ4n) is 1.78. The predicted octanol–water partition coefficient (Wildman–Crippen LogP) is 2.30. The Hall–Kier alpha value is -0.840. The fraction of sp³-hybridized carbons (Fsp3) is 0.800. The second-order valence-corrected chi connectivity index (χ2v) is 4.40. The van der Waals surface area contributed by atoms with Gasteiger partial charge in [-0.05, 0) is 25.2 Å². The molecular weight excluding hydrogens is 150 g/mol. The van der Waals surface area contributed by atoms with Crippen molar-refractivity contribution in [1.82, 2.24) is 0 Å². The third kappa shape index (κ3) is 1.04. The van der Waals surface area contributed by atoms with Crippen LogP contribution < -0.4 is 0 Å². The van der Waals surface area contributed by atoms with E-state index in [9.17, 15) is 4.79 Å². The van der Waals surface area contributed by atoms with Gasteiger partial charge in [0.05, 0.1) is 6.07 Å². The number of carbonyl (C=O) groups excluding carboxylic acids is 1. The number of rotatable bonds is 0. The molecule has 2 heteroatoms. The summed E-state index contributed by atoms with van der Waals surface area (Å²) >= 11 is 0. The summed E-state index contributed by atoms with van der Waals surface area (Å²) in [6.07, 6.45) is 2.49. The Morgan fingerprint density at radius 3 is 2.33 bits per heavy atom. The quantitative estimate of drug-likeness (QED) is 0.552. The Bertz CT molecular complexity index is 249. The third-order valence-corrected chi connectivity index (χ3v) is 3.34. The molecule has 0 spiro atoms. The van der Waals surface area contributed by atoms with E-state index in [2.05, 4.69) is 6.07 Å². The second-order valence-electron chi connectivity index (χ2n) is 4.40. The molecule has 1 saturated carbocycles. The van der Waals surface area contributed by atoms with Gasteiger partial charge in [0.15, 0.2) is 5.78 Å². The summed E-state index contributed by atoms with van der Waals surface area (Å²) in [4.78, 5) is 11.5. The second kappa shape index (κ2) is 2.58. The van der Waals surface area contributed by atoms with Crippen LogP contribution in [-0.4, -0.2) is 5.78 Å². The molecule has 0 amide bonds. The van der Waals surface area contributed by atoms with Gasteiger partial charge >= 0.3 is 0 Å². The molecule has 1 aliphatic carbocycles. The summed E-state index contributed by atoms with van der Waals surface area (Å²) in [7, 11) is 0. The maximum absolute atomic E-state index is 11.5. The maximum Gasteiger partial charge on any atom is 0.153 e. The Labute approximate surface area is 73.6 Å². The van der Waals surface area contributed by atoms with Gasteiger partial charge in [-0.1, -0.05) is 13.8 Å². The third-order valence-electron chi connectivity index (χ3n) is 3.34. The van der Waals surface area contributed by atoms with Crippen LogP contribution in [-0.2, 0) is 4.79 Å². The molecular formula is C10H15NO. The van der Waals surface area contributed by atoms with Crippen molar-refractivity contribution >= 4 is 5.78 Å². The number of nitrogens with zero attached hydrogens (tertiary/aromatic N) is 1. The first-order chi connectivity index (χ1) is 5.44. The number of hydrogen-bond donors (Lipinski definition) is 0. The van der Waals surface area contributed by atoms with Gasteiger partial charge in [0, 0.05) is 6.42 Å². The smallest absolute Gasteiger partial charge is 0.153 e. The van der Waals surface area contributed by atoms with Gasteiger partial charge in [0.1, 0.15) is 5.41 Å². The minimum Gasteiger partial charge on any atom is -0.298 e. The zero-order valence-corrected chi connectivity index (χ0v) is 7.98. The molecule has 1 rings (SSSR count). The summed E-state index contributed by atoms with van der Waals surface area (Å²) in [5.41, 5.74) is -0.914. The number of nitriles is 1. The number of ketones is 1. The molecule has 1 atom stereocenters. The van der Waals surface area contributed by atoms with Crippen molar-refractivity contribution in [3.8, 4) is 6.07 Å². The number of Topliss-reactive ketones (excluding diaryl/α,β-unsaturated/α-hetero) is 1. The van der Waals surface area contributed by atoms with Crippen LogP contribution in [0.4, 0.5) is 0 Å². The normalized spacial score (nSPS) is 34.3. The molecule has 0 aromatic carbocycles. The van der Waals surface area contributed by atoms with Crippen LogP contribution in [0.5, 0.6) is 0 Å². The minimum atomic E-state index is -0.759. The standard InChI is InChI=1S/C10H15NO/c1-9(2)6-4-5-8(12)10(9,3)7-11/h4-6H2,1-3H3. The highest BCUT2D eigenvalue weighted by Crippen LogP contribution is 2.47. The van der Waals surface area contributed by atoms with Gasteiger partial charge < -0.3 is 0 Å². The fourth-order valence-corrected chi connectivity index (χ4v) is 1.78.